The Morgan fingerprint density at radius 2 is 2.11 bits per heavy atom. The highest BCUT2D eigenvalue weighted by Gasteiger charge is 2.10. The smallest absolute Gasteiger partial charge is 0.191 e. The van der Waals surface area contributed by atoms with Crippen molar-refractivity contribution in [1.82, 2.24) is 15.6 Å². The first-order valence-corrected chi connectivity index (χ1v) is 8.95. The van der Waals surface area contributed by atoms with E-state index in [9.17, 15) is 4.39 Å². The van der Waals surface area contributed by atoms with Crippen LogP contribution >= 0.6 is 35.6 Å². The standard InChI is InChI=1S/C19H24ClFN4O.HI/c1-3-16(26-17-6-4-5-15(21)11-17)13-25-19(22-2)23-10-9-14-7-8-18(20)24-12-14;/h4-8,11-12,16H,3,9-10,13H2,1-2H3,(H2,22,23,25);1H. The second kappa shape index (κ2) is 12.7. The van der Waals surface area contributed by atoms with Crippen LogP contribution in [0.5, 0.6) is 5.75 Å². The largest absolute Gasteiger partial charge is 0.489 e. The van der Waals surface area contributed by atoms with Gasteiger partial charge in [0, 0.05) is 25.9 Å². The van der Waals surface area contributed by atoms with E-state index in [-0.39, 0.29) is 35.9 Å². The fourth-order valence-corrected chi connectivity index (χ4v) is 2.42. The van der Waals surface area contributed by atoms with Crippen LogP contribution in [0.25, 0.3) is 0 Å². The van der Waals surface area contributed by atoms with E-state index in [1.54, 1.807) is 31.4 Å². The molecule has 0 bridgehead atoms. The van der Waals surface area contributed by atoms with Crippen LogP contribution in [0.4, 0.5) is 4.39 Å². The molecule has 0 amide bonds. The average molecular weight is 507 g/mol. The molecule has 1 unspecified atom stereocenters. The number of aliphatic imine (C=N–C) groups is 1. The average Bonchev–Trinajstić information content (AvgIpc) is 2.65. The lowest BCUT2D eigenvalue weighted by Gasteiger charge is -2.20. The van der Waals surface area contributed by atoms with Crippen molar-refractivity contribution in [2.75, 3.05) is 20.1 Å². The molecule has 0 radical (unpaired) electrons. The predicted octanol–water partition coefficient (Wildman–Crippen LogP) is 4.06. The molecule has 148 valence electrons. The number of pyridine rings is 1. The molecule has 0 saturated heterocycles. The Bertz CT molecular complexity index is 715. The third-order valence-electron chi connectivity index (χ3n) is 3.77. The highest BCUT2D eigenvalue weighted by atomic mass is 127. The van der Waals surface area contributed by atoms with Gasteiger partial charge in [-0.3, -0.25) is 4.99 Å². The number of aromatic nitrogens is 1. The minimum absolute atomic E-state index is 0. The van der Waals surface area contributed by atoms with Crippen LogP contribution in [0.1, 0.15) is 18.9 Å². The Labute approximate surface area is 181 Å². The van der Waals surface area contributed by atoms with E-state index in [1.807, 2.05) is 13.0 Å². The van der Waals surface area contributed by atoms with Gasteiger partial charge in [0.1, 0.15) is 22.8 Å². The summed E-state index contributed by atoms with van der Waals surface area (Å²) in [5.74, 6) is 0.907. The Kier molecular flexibility index (Phi) is 11.0. The molecular formula is C19H25ClFIN4O. The molecule has 1 aromatic heterocycles. The molecule has 0 aliphatic heterocycles. The molecule has 27 heavy (non-hydrogen) atoms. The molecule has 2 rings (SSSR count). The van der Waals surface area contributed by atoms with Gasteiger partial charge < -0.3 is 15.4 Å². The summed E-state index contributed by atoms with van der Waals surface area (Å²) >= 11 is 5.78. The molecule has 1 heterocycles. The minimum atomic E-state index is -0.306. The molecular weight excluding hydrogens is 482 g/mol. The highest BCUT2D eigenvalue weighted by molar-refractivity contribution is 14.0. The van der Waals surface area contributed by atoms with Gasteiger partial charge in [0.25, 0.3) is 0 Å². The molecule has 0 aliphatic carbocycles. The number of benzene rings is 1. The molecule has 8 heteroatoms. The van der Waals surface area contributed by atoms with Crippen molar-refractivity contribution in [2.24, 2.45) is 4.99 Å². The number of nitrogens with zero attached hydrogens (tertiary/aromatic N) is 2. The van der Waals surface area contributed by atoms with Crippen molar-refractivity contribution in [1.29, 1.82) is 0 Å². The second-order valence-corrected chi connectivity index (χ2v) is 6.11. The van der Waals surface area contributed by atoms with Gasteiger partial charge >= 0.3 is 0 Å². The zero-order chi connectivity index (χ0) is 18.8. The van der Waals surface area contributed by atoms with Crippen molar-refractivity contribution in [2.45, 2.75) is 25.9 Å². The fourth-order valence-electron chi connectivity index (χ4n) is 2.31. The monoisotopic (exact) mass is 506 g/mol. The normalized spacial score (nSPS) is 12.1. The van der Waals surface area contributed by atoms with Gasteiger partial charge in [-0.05, 0) is 36.6 Å². The van der Waals surface area contributed by atoms with E-state index in [0.717, 1.165) is 18.4 Å². The van der Waals surface area contributed by atoms with Gasteiger partial charge in [0.15, 0.2) is 5.96 Å². The topological polar surface area (TPSA) is 58.5 Å². The van der Waals surface area contributed by atoms with Crippen LogP contribution in [0, 0.1) is 5.82 Å². The minimum Gasteiger partial charge on any atom is -0.489 e. The molecule has 0 spiro atoms. The Morgan fingerprint density at radius 1 is 1.30 bits per heavy atom. The van der Waals surface area contributed by atoms with E-state index in [1.165, 1.54) is 12.1 Å². The lowest BCUT2D eigenvalue weighted by atomic mass is 10.2. The van der Waals surface area contributed by atoms with Crippen LogP contribution in [0.2, 0.25) is 5.15 Å². The SMILES string of the molecule is CCC(CNC(=NC)NCCc1ccc(Cl)nc1)Oc1cccc(F)c1.I. The first kappa shape index (κ1) is 23.4. The maximum atomic E-state index is 13.3. The third-order valence-corrected chi connectivity index (χ3v) is 3.99. The first-order chi connectivity index (χ1) is 12.6. The number of guanidine groups is 1. The van der Waals surface area contributed by atoms with Gasteiger partial charge in [-0.2, -0.15) is 0 Å². The highest BCUT2D eigenvalue weighted by Crippen LogP contribution is 2.14. The van der Waals surface area contributed by atoms with Crippen LogP contribution in [-0.2, 0) is 6.42 Å². The lowest BCUT2D eigenvalue weighted by Crippen LogP contribution is -2.43. The number of hydrogen-bond donors (Lipinski definition) is 2. The quantitative estimate of drug-likeness (QED) is 0.245. The van der Waals surface area contributed by atoms with Crippen molar-refractivity contribution in [3.63, 3.8) is 0 Å². The van der Waals surface area contributed by atoms with Gasteiger partial charge in [0.05, 0.1) is 6.54 Å². The molecule has 5 nitrogen and oxygen atoms in total. The summed E-state index contributed by atoms with van der Waals surface area (Å²) in [6, 6.07) is 9.90. The number of ether oxygens (including phenoxy) is 1. The van der Waals surface area contributed by atoms with Crippen molar-refractivity contribution in [3.8, 4) is 5.75 Å². The Balaban J connectivity index is 0.00000364. The third kappa shape index (κ3) is 8.75. The summed E-state index contributed by atoms with van der Waals surface area (Å²) in [4.78, 5) is 8.27. The number of halogens is 3. The van der Waals surface area contributed by atoms with Crippen molar-refractivity contribution < 1.29 is 9.13 Å². The summed E-state index contributed by atoms with van der Waals surface area (Å²) in [5.41, 5.74) is 1.10. The second-order valence-electron chi connectivity index (χ2n) is 5.72. The molecule has 1 aromatic carbocycles. The molecule has 0 fully saturated rings. The summed E-state index contributed by atoms with van der Waals surface area (Å²) in [6.45, 7) is 3.30. The summed E-state index contributed by atoms with van der Waals surface area (Å²) in [5, 5.41) is 6.97. The lowest BCUT2D eigenvalue weighted by molar-refractivity contribution is 0.199. The van der Waals surface area contributed by atoms with Crippen LogP contribution in [-0.4, -0.2) is 37.2 Å². The summed E-state index contributed by atoms with van der Waals surface area (Å²) in [7, 11) is 1.72. The molecule has 0 aliphatic rings. The van der Waals surface area contributed by atoms with E-state index in [4.69, 9.17) is 16.3 Å². The first-order valence-electron chi connectivity index (χ1n) is 8.58. The molecule has 2 N–H and O–H groups in total. The van der Waals surface area contributed by atoms with E-state index < -0.39 is 0 Å². The zero-order valence-electron chi connectivity index (χ0n) is 15.4. The zero-order valence-corrected chi connectivity index (χ0v) is 18.5. The fraction of sp³-hybridized carbons (Fsp3) is 0.368. The van der Waals surface area contributed by atoms with Crippen LogP contribution in [0.15, 0.2) is 47.6 Å². The van der Waals surface area contributed by atoms with E-state index >= 15 is 0 Å². The van der Waals surface area contributed by atoms with E-state index in [0.29, 0.717) is 30.0 Å². The number of hydrogen-bond acceptors (Lipinski definition) is 3. The van der Waals surface area contributed by atoms with Crippen LogP contribution < -0.4 is 15.4 Å². The van der Waals surface area contributed by atoms with Gasteiger partial charge in [0.2, 0.25) is 0 Å². The Morgan fingerprint density at radius 3 is 2.74 bits per heavy atom. The van der Waals surface area contributed by atoms with E-state index in [2.05, 4.69) is 20.6 Å². The molecule has 0 saturated carbocycles. The maximum Gasteiger partial charge on any atom is 0.191 e. The van der Waals surface area contributed by atoms with Crippen molar-refractivity contribution in [3.05, 3.63) is 59.1 Å². The van der Waals surface area contributed by atoms with Gasteiger partial charge in [-0.15, -0.1) is 24.0 Å². The summed E-state index contributed by atoms with van der Waals surface area (Å²) in [6.07, 6.45) is 3.27. The van der Waals surface area contributed by atoms with Crippen LogP contribution in [0.3, 0.4) is 0 Å². The number of nitrogens with one attached hydrogen (secondary N) is 2. The summed E-state index contributed by atoms with van der Waals surface area (Å²) < 4.78 is 19.1. The van der Waals surface area contributed by atoms with Gasteiger partial charge in [-0.25, -0.2) is 9.37 Å². The molecule has 2 aromatic rings. The molecule has 1 atom stereocenters. The number of rotatable bonds is 8. The maximum absolute atomic E-state index is 13.3. The predicted molar refractivity (Wildman–Crippen MR) is 119 cm³/mol. The van der Waals surface area contributed by atoms with Crippen molar-refractivity contribution >= 4 is 41.5 Å². The van der Waals surface area contributed by atoms with Gasteiger partial charge in [-0.1, -0.05) is 30.7 Å². The Hall–Kier alpha value is -1.61.